The molecule has 0 bridgehead atoms. The molecule has 2 aromatic carbocycles. The number of hydrogen-bond acceptors (Lipinski definition) is 6. The summed E-state index contributed by atoms with van der Waals surface area (Å²) in [5.74, 6) is 0.509. The Hall–Kier alpha value is -3.61. The van der Waals surface area contributed by atoms with E-state index in [1.165, 1.54) is 0 Å². The normalized spacial score (nSPS) is 11.1. The molecule has 0 aliphatic heterocycles. The van der Waals surface area contributed by atoms with Crippen LogP contribution < -0.4 is 10.5 Å². The maximum absolute atomic E-state index is 12.8. The fourth-order valence-corrected chi connectivity index (χ4v) is 3.25. The second-order valence-corrected chi connectivity index (χ2v) is 6.54. The van der Waals surface area contributed by atoms with E-state index in [1.54, 1.807) is 4.57 Å². The molecule has 0 fully saturated rings. The van der Waals surface area contributed by atoms with Crippen molar-refractivity contribution in [2.45, 2.75) is 20.3 Å². The molecule has 2 N–H and O–H groups in total. The van der Waals surface area contributed by atoms with Crippen LogP contribution >= 0.6 is 0 Å². The first-order chi connectivity index (χ1) is 14.1. The number of benzene rings is 2. The lowest BCUT2D eigenvalue weighted by atomic mass is 10.2. The predicted molar refractivity (Wildman–Crippen MR) is 113 cm³/mol. The topological polar surface area (TPSA) is 92.3 Å². The number of carbonyl (C=O) groups excluding carboxylic acids is 1. The van der Waals surface area contributed by atoms with Gasteiger partial charge in [0.2, 0.25) is 0 Å². The molecular formula is C22H22N4O3. The molecule has 0 radical (unpaired) electrons. The Labute approximate surface area is 168 Å². The second-order valence-electron chi connectivity index (χ2n) is 6.54. The van der Waals surface area contributed by atoms with Crippen LogP contribution in [0.5, 0.6) is 5.75 Å². The molecule has 2 aromatic heterocycles. The lowest BCUT2D eigenvalue weighted by Crippen LogP contribution is -2.09. The molecule has 7 nitrogen and oxygen atoms in total. The number of fused-ring (bicyclic) bond motifs is 2. The molecule has 148 valence electrons. The highest BCUT2D eigenvalue weighted by molar-refractivity contribution is 6.09. The number of carbonyl (C=O) groups is 1. The van der Waals surface area contributed by atoms with Crippen molar-refractivity contribution >= 4 is 34.0 Å². The summed E-state index contributed by atoms with van der Waals surface area (Å²) in [6, 6.07) is 15.0. The average molecular weight is 390 g/mol. The first-order valence-electron chi connectivity index (χ1n) is 9.61. The molecule has 7 heteroatoms. The van der Waals surface area contributed by atoms with Crippen LogP contribution in [-0.4, -0.2) is 33.7 Å². The van der Waals surface area contributed by atoms with Crippen molar-refractivity contribution in [3.8, 4) is 11.4 Å². The summed E-state index contributed by atoms with van der Waals surface area (Å²) in [7, 11) is 0. The monoisotopic (exact) mass is 390 g/mol. The Kier molecular flexibility index (Phi) is 5.03. The molecule has 4 rings (SSSR count). The van der Waals surface area contributed by atoms with E-state index < -0.39 is 5.97 Å². The standard InChI is InChI=1S/C22H22N4O3/c1-3-13-29-22(27)18-19-21(25-17-8-6-5-7-16(17)24-19)26(20(18)23)14-9-11-15(12-10-14)28-4-2/h5-12H,3-4,13,23H2,1-2H3. The predicted octanol–water partition coefficient (Wildman–Crippen LogP) is 4.12. The minimum Gasteiger partial charge on any atom is -0.494 e. The third-order valence-electron chi connectivity index (χ3n) is 4.55. The van der Waals surface area contributed by atoms with Gasteiger partial charge in [0.25, 0.3) is 0 Å². The maximum Gasteiger partial charge on any atom is 0.344 e. The van der Waals surface area contributed by atoms with Gasteiger partial charge in [0.15, 0.2) is 5.65 Å². The number of nitrogens with two attached hydrogens (primary N) is 1. The number of para-hydroxylation sites is 2. The number of aromatic nitrogens is 3. The van der Waals surface area contributed by atoms with Crippen LogP contribution in [0.2, 0.25) is 0 Å². The van der Waals surface area contributed by atoms with Crippen molar-refractivity contribution in [3.05, 3.63) is 54.1 Å². The summed E-state index contributed by atoms with van der Waals surface area (Å²) in [5.41, 5.74) is 9.77. The molecule has 0 spiro atoms. The zero-order valence-corrected chi connectivity index (χ0v) is 16.4. The van der Waals surface area contributed by atoms with Crippen molar-refractivity contribution in [2.75, 3.05) is 18.9 Å². The summed E-state index contributed by atoms with van der Waals surface area (Å²) in [5, 5.41) is 0. The molecule has 29 heavy (non-hydrogen) atoms. The summed E-state index contributed by atoms with van der Waals surface area (Å²) in [6.45, 7) is 4.77. The molecule has 0 saturated carbocycles. The van der Waals surface area contributed by atoms with Crippen LogP contribution in [0.1, 0.15) is 30.6 Å². The van der Waals surface area contributed by atoms with Crippen molar-refractivity contribution in [1.29, 1.82) is 0 Å². The molecule has 0 atom stereocenters. The van der Waals surface area contributed by atoms with Crippen LogP contribution in [0.3, 0.4) is 0 Å². The number of nitrogen functional groups attached to an aromatic ring is 1. The highest BCUT2D eigenvalue weighted by atomic mass is 16.5. The van der Waals surface area contributed by atoms with E-state index in [9.17, 15) is 4.79 Å². The van der Waals surface area contributed by atoms with Gasteiger partial charge in [0, 0.05) is 5.69 Å². The first kappa shape index (κ1) is 18.7. The zero-order chi connectivity index (χ0) is 20.4. The first-order valence-corrected chi connectivity index (χ1v) is 9.61. The van der Waals surface area contributed by atoms with E-state index in [1.807, 2.05) is 62.4 Å². The number of rotatable bonds is 6. The van der Waals surface area contributed by atoms with Crippen LogP contribution in [-0.2, 0) is 4.74 Å². The molecule has 0 unspecified atom stereocenters. The molecule has 0 aliphatic carbocycles. The lowest BCUT2D eigenvalue weighted by molar-refractivity contribution is 0.0508. The Balaban J connectivity index is 1.96. The molecule has 2 heterocycles. The lowest BCUT2D eigenvalue weighted by Gasteiger charge is -2.09. The Morgan fingerprint density at radius 2 is 1.72 bits per heavy atom. The number of hydrogen-bond donors (Lipinski definition) is 1. The smallest absolute Gasteiger partial charge is 0.344 e. The molecule has 0 amide bonds. The number of anilines is 1. The van der Waals surface area contributed by atoms with E-state index in [-0.39, 0.29) is 11.4 Å². The quantitative estimate of drug-likeness (QED) is 0.498. The SMILES string of the molecule is CCCOC(=O)c1c(N)n(-c2ccc(OCC)cc2)c2nc3ccccc3nc12. The van der Waals surface area contributed by atoms with Crippen LogP contribution in [0.4, 0.5) is 5.82 Å². The molecular weight excluding hydrogens is 368 g/mol. The van der Waals surface area contributed by atoms with Gasteiger partial charge >= 0.3 is 5.97 Å². The number of ether oxygens (including phenoxy) is 2. The van der Waals surface area contributed by atoms with Gasteiger partial charge in [-0.2, -0.15) is 0 Å². The molecule has 0 aliphatic rings. The van der Waals surface area contributed by atoms with Gasteiger partial charge in [-0.15, -0.1) is 0 Å². The van der Waals surface area contributed by atoms with Crippen LogP contribution in [0.15, 0.2) is 48.5 Å². The summed E-state index contributed by atoms with van der Waals surface area (Å²) >= 11 is 0. The van der Waals surface area contributed by atoms with Crippen LogP contribution in [0.25, 0.3) is 27.9 Å². The summed E-state index contributed by atoms with van der Waals surface area (Å²) < 4.78 is 12.6. The molecule has 0 saturated heterocycles. The maximum atomic E-state index is 12.8. The number of nitrogens with zero attached hydrogens (tertiary/aromatic N) is 3. The van der Waals surface area contributed by atoms with E-state index in [0.29, 0.717) is 29.9 Å². The molecule has 4 aromatic rings. The van der Waals surface area contributed by atoms with Crippen molar-refractivity contribution in [1.82, 2.24) is 14.5 Å². The van der Waals surface area contributed by atoms with E-state index in [2.05, 4.69) is 4.98 Å². The van der Waals surface area contributed by atoms with Crippen molar-refractivity contribution < 1.29 is 14.3 Å². The minimum atomic E-state index is -0.497. The van der Waals surface area contributed by atoms with Gasteiger partial charge in [0.05, 0.1) is 24.2 Å². The van der Waals surface area contributed by atoms with Crippen molar-refractivity contribution in [2.24, 2.45) is 0 Å². The van der Waals surface area contributed by atoms with E-state index in [0.717, 1.165) is 23.4 Å². The fourth-order valence-electron chi connectivity index (χ4n) is 3.25. The Bertz CT molecular complexity index is 1180. The average Bonchev–Trinajstić information content (AvgIpc) is 3.02. The number of esters is 1. The van der Waals surface area contributed by atoms with E-state index in [4.69, 9.17) is 20.2 Å². The third kappa shape index (κ3) is 3.35. The van der Waals surface area contributed by atoms with E-state index >= 15 is 0 Å². The van der Waals surface area contributed by atoms with Gasteiger partial charge < -0.3 is 15.2 Å². The van der Waals surface area contributed by atoms with Gasteiger partial charge in [0.1, 0.15) is 22.6 Å². The second kappa shape index (κ2) is 7.79. The Morgan fingerprint density at radius 3 is 2.38 bits per heavy atom. The highest BCUT2D eigenvalue weighted by Crippen LogP contribution is 2.32. The summed E-state index contributed by atoms with van der Waals surface area (Å²) in [6.07, 6.45) is 0.720. The van der Waals surface area contributed by atoms with Crippen LogP contribution in [0, 0.1) is 0 Å². The van der Waals surface area contributed by atoms with Crippen molar-refractivity contribution in [3.63, 3.8) is 0 Å². The fraction of sp³-hybridized carbons (Fsp3) is 0.227. The highest BCUT2D eigenvalue weighted by Gasteiger charge is 2.25. The summed E-state index contributed by atoms with van der Waals surface area (Å²) in [4.78, 5) is 22.2. The Morgan fingerprint density at radius 1 is 1.03 bits per heavy atom. The minimum absolute atomic E-state index is 0.237. The third-order valence-corrected chi connectivity index (χ3v) is 4.55. The van der Waals surface area contributed by atoms with Gasteiger partial charge in [-0.3, -0.25) is 4.57 Å². The van der Waals surface area contributed by atoms with Gasteiger partial charge in [-0.05, 0) is 49.7 Å². The largest absolute Gasteiger partial charge is 0.494 e. The van der Waals surface area contributed by atoms with Gasteiger partial charge in [-0.1, -0.05) is 19.1 Å². The zero-order valence-electron chi connectivity index (χ0n) is 16.4. The van der Waals surface area contributed by atoms with Gasteiger partial charge in [-0.25, -0.2) is 14.8 Å².